The molecule has 2 aromatic heterocycles. The van der Waals surface area contributed by atoms with Gasteiger partial charge in [-0.1, -0.05) is 26.0 Å². The maximum atomic E-state index is 13.3. The number of pyridine rings is 1. The summed E-state index contributed by atoms with van der Waals surface area (Å²) in [5, 5.41) is 9.99. The number of aromatic nitrogens is 1. The van der Waals surface area contributed by atoms with Crippen LogP contribution in [0.15, 0.2) is 53.4 Å². The van der Waals surface area contributed by atoms with Gasteiger partial charge in [-0.25, -0.2) is 4.98 Å². The molecule has 7 nitrogen and oxygen atoms in total. The van der Waals surface area contributed by atoms with E-state index in [-0.39, 0.29) is 30.3 Å². The molecule has 1 aromatic carbocycles. The minimum atomic E-state index is -0.645. The van der Waals surface area contributed by atoms with E-state index in [1.807, 2.05) is 55.6 Å². The van der Waals surface area contributed by atoms with E-state index in [9.17, 15) is 14.4 Å². The van der Waals surface area contributed by atoms with Crippen LogP contribution in [0.25, 0.3) is 0 Å². The molecule has 0 unspecified atom stereocenters. The zero-order chi connectivity index (χ0) is 25.1. The number of hydrogen-bond donors (Lipinski definition) is 2. The quantitative estimate of drug-likeness (QED) is 0.553. The molecule has 3 amide bonds. The minimum absolute atomic E-state index is 0.00521. The number of rotatable bonds is 4. The maximum absolute atomic E-state index is 13.3. The number of amides is 3. The highest BCUT2D eigenvalue weighted by Gasteiger charge is 2.51. The molecule has 0 bridgehead atoms. The Balaban J connectivity index is 1.20. The summed E-state index contributed by atoms with van der Waals surface area (Å²) in [6.45, 7) is 3.91. The van der Waals surface area contributed by atoms with Crippen molar-refractivity contribution in [2.24, 2.45) is 5.41 Å². The van der Waals surface area contributed by atoms with E-state index in [2.05, 4.69) is 21.0 Å². The van der Waals surface area contributed by atoms with Gasteiger partial charge in [0, 0.05) is 22.9 Å². The van der Waals surface area contributed by atoms with Gasteiger partial charge in [0.05, 0.1) is 11.5 Å². The van der Waals surface area contributed by atoms with Crippen molar-refractivity contribution in [3.8, 4) is 0 Å². The minimum Gasteiger partial charge on any atom is -0.326 e. The van der Waals surface area contributed by atoms with E-state index in [0.29, 0.717) is 24.3 Å². The smallest absolute Gasteiger partial charge is 0.244 e. The number of anilines is 2. The van der Waals surface area contributed by atoms with E-state index in [1.165, 1.54) is 0 Å². The van der Waals surface area contributed by atoms with Crippen molar-refractivity contribution in [2.45, 2.75) is 51.0 Å². The predicted molar refractivity (Wildman–Crippen MR) is 139 cm³/mol. The van der Waals surface area contributed by atoms with Crippen LogP contribution in [0.1, 0.15) is 55.0 Å². The molecule has 0 saturated carbocycles. The van der Waals surface area contributed by atoms with Crippen LogP contribution in [0.2, 0.25) is 0 Å². The first-order valence-corrected chi connectivity index (χ1v) is 13.2. The average Bonchev–Trinajstić information content (AvgIpc) is 3.56. The van der Waals surface area contributed by atoms with Crippen LogP contribution in [0.4, 0.5) is 11.5 Å². The van der Waals surface area contributed by atoms with Gasteiger partial charge in [-0.3, -0.25) is 14.4 Å². The number of benzene rings is 1. The molecule has 2 N–H and O–H groups in total. The second-order valence-electron chi connectivity index (χ2n) is 10.7. The summed E-state index contributed by atoms with van der Waals surface area (Å²) in [6.07, 6.45) is 4.49. The van der Waals surface area contributed by atoms with Crippen LogP contribution in [-0.4, -0.2) is 34.2 Å². The Morgan fingerprint density at radius 3 is 2.83 bits per heavy atom. The fourth-order valence-electron chi connectivity index (χ4n) is 5.98. The Morgan fingerprint density at radius 2 is 2.03 bits per heavy atom. The highest BCUT2D eigenvalue weighted by atomic mass is 32.1. The molecule has 1 saturated heterocycles. The Hall–Kier alpha value is -3.52. The number of hydrogen-bond acceptors (Lipinski definition) is 5. The molecule has 4 heterocycles. The number of carbonyl (C=O) groups excluding carboxylic acids is 3. The summed E-state index contributed by atoms with van der Waals surface area (Å²) < 4.78 is 0. The van der Waals surface area contributed by atoms with Crippen molar-refractivity contribution < 1.29 is 14.4 Å². The molecule has 8 heteroatoms. The first kappa shape index (κ1) is 22.9. The van der Waals surface area contributed by atoms with Crippen LogP contribution >= 0.6 is 11.3 Å². The Bertz CT molecular complexity index is 1380. The predicted octanol–water partition coefficient (Wildman–Crippen LogP) is 4.46. The van der Waals surface area contributed by atoms with E-state index in [0.717, 1.165) is 35.1 Å². The Labute approximate surface area is 213 Å². The Kier molecular flexibility index (Phi) is 5.26. The van der Waals surface area contributed by atoms with Gasteiger partial charge in [-0.15, -0.1) is 0 Å². The van der Waals surface area contributed by atoms with E-state index in [4.69, 9.17) is 0 Å². The number of nitrogens with zero attached hydrogens (tertiary/aromatic N) is 2. The van der Waals surface area contributed by atoms with Gasteiger partial charge in [0.25, 0.3) is 0 Å². The summed E-state index contributed by atoms with van der Waals surface area (Å²) in [4.78, 5) is 45.4. The third-order valence-electron chi connectivity index (χ3n) is 7.97. The van der Waals surface area contributed by atoms with Crippen molar-refractivity contribution >= 4 is 40.6 Å². The summed E-state index contributed by atoms with van der Waals surface area (Å²) in [7, 11) is 0. The van der Waals surface area contributed by atoms with Gasteiger partial charge in [-0.2, -0.15) is 11.3 Å². The molecular weight excluding hydrogens is 472 g/mol. The van der Waals surface area contributed by atoms with E-state index >= 15 is 0 Å². The number of carbonyl (C=O) groups is 3. The molecule has 1 aliphatic carbocycles. The van der Waals surface area contributed by atoms with E-state index < -0.39 is 10.8 Å². The summed E-state index contributed by atoms with van der Waals surface area (Å²) >= 11 is 1.60. The van der Waals surface area contributed by atoms with Gasteiger partial charge in [0.2, 0.25) is 17.7 Å². The zero-order valence-electron chi connectivity index (χ0n) is 20.3. The van der Waals surface area contributed by atoms with Crippen molar-refractivity contribution in [1.29, 1.82) is 0 Å². The molecule has 3 aliphatic rings. The second-order valence-corrected chi connectivity index (χ2v) is 11.5. The fourth-order valence-corrected chi connectivity index (χ4v) is 6.69. The van der Waals surface area contributed by atoms with Crippen molar-refractivity contribution in [1.82, 2.24) is 9.88 Å². The number of piperidine rings is 1. The van der Waals surface area contributed by atoms with Crippen LogP contribution in [0, 0.1) is 5.41 Å². The summed E-state index contributed by atoms with van der Waals surface area (Å²) in [6, 6.07) is 11.6. The molecule has 6 rings (SSSR count). The standard InChI is InChI=1S/C28H28N4O3S/c1-27(2)9-7-22(18-8-11-36-16-18)32(26(27)35)15-23(33)30-20-6-5-17-13-28(14-19(17)12-20)21-4-3-10-29-24(21)31-25(28)34/h3-6,8,10-12,16,22H,7,9,13-15H2,1-2H3,(H,30,33)(H,29,31,34)/t22-,28+/m0/s1. The highest BCUT2D eigenvalue weighted by molar-refractivity contribution is 7.08. The number of fused-ring (bicyclic) bond motifs is 3. The molecule has 1 spiro atoms. The molecule has 2 aliphatic heterocycles. The van der Waals surface area contributed by atoms with Crippen molar-refractivity contribution in [3.05, 3.63) is 75.6 Å². The lowest BCUT2D eigenvalue weighted by molar-refractivity contribution is -0.150. The lowest BCUT2D eigenvalue weighted by Gasteiger charge is -2.42. The van der Waals surface area contributed by atoms with Gasteiger partial charge in [-0.05, 0) is 77.4 Å². The molecule has 36 heavy (non-hydrogen) atoms. The highest BCUT2D eigenvalue weighted by Crippen LogP contribution is 2.47. The monoisotopic (exact) mass is 500 g/mol. The normalized spacial score (nSPS) is 23.9. The third-order valence-corrected chi connectivity index (χ3v) is 8.67. The average molecular weight is 501 g/mol. The lowest BCUT2D eigenvalue weighted by Crippen LogP contribution is -2.50. The van der Waals surface area contributed by atoms with Gasteiger partial charge in [0.1, 0.15) is 12.4 Å². The topological polar surface area (TPSA) is 91.4 Å². The molecule has 0 radical (unpaired) electrons. The largest absolute Gasteiger partial charge is 0.326 e. The summed E-state index contributed by atoms with van der Waals surface area (Å²) in [5.41, 5.74) is 3.72. The molecule has 184 valence electrons. The van der Waals surface area contributed by atoms with Crippen molar-refractivity contribution in [3.63, 3.8) is 0 Å². The first-order valence-electron chi connectivity index (χ1n) is 12.3. The molecule has 2 atom stereocenters. The second kappa shape index (κ2) is 8.27. The van der Waals surface area contributed by atoms with Crippen LogP contribution in [0.3, 0.4) is 0 Å². The summed E-state index contributed by atoms with van der Waals surface area (Å²) in [5.74, 6) is 0.402. The zero-order valence-corrected chi connectivity index (χ0v) is 21.2. The van der Waals surface area contributed by atoms with Crippen LogP contribution in [-0.2, 0) is 32.6 Å². The van der Waals surface area contributed by atoms with Gasteiger partial charge in [0.15, 0.2) is 0 Å². The van der Waals surface area contributed by atoms with E-state index in [1.54, 1.807) is 22.4 Å². The number of thiophene rings is 1. The molecular formula is C28H28N4O3S. The molecule has 3 aromatic rings. The lowest BCUT2D eigenvalue weighted by atomic mass is 9.79. The van der Waals surface area contributed by atoms with Crippen molar-refractivity contribution in [2.75, 3.05) is 17.2 Å². The SMILES string of the molecule is CC1(C)CC[C@@H](c2ccsc2)N(CC(=O)Nc2ccc3c(c2)C[C@@]2(C3)C(=O)Nc3ncccc32)C1=O. The fraction of sp³-hybridized carbons (Fsp3) is 0.357. The number of likely N-dealkylation sites (tertiary alicyclic amines) is 1. The third kappa shape index (κ3) is 3.63. The maximum Gasteiger partial charge on any atom is 0.244 e. The number of nitrogens with one attached hydrogen (secondary N) is 2. The first-order chi connectivity index (χ1) is 17.3. The van der Waals surface area contributed by atoms with Gasteiger partial charge < -0.3 is 15.5 Å². The van der Waals surface area contributed by atoms with Crippen LogP contribution < -0.4 is 10.6 Å². The van der Waals surface area contributed by atoms with Crippen LogP contribution in [0.5, 0.6) is 0 Å². The van der Waals surface area contributed by atoms with Gasteiger partial charge >= 0.3 is 0 Å². The molecule has 1 fully saturated rings. The Morgan fingerprint density at radius 1 is 1.19 bits per heavy atom.